The Labute approximate surface area is 156 Å². The van der Waals surface area contributed by atoms with Gasteiger partial charge < -0.3 is 20.4 Å². The molecule has 1 fully saturated rings. The number of oxazole rings is 1. The quantitative estimate of drug-likeness (QED) is 0.797. The number of nitrogens with two attached hydrogens (primary N) is 1. The van der Waals surface area contributed by atoms with Gasteiger partial charge in [-0.25, -0.2) is 4.98 Å². The highest BCUT2D eigenvalue weighted by Gasteiger charge is 2.29. The van der Waals surface area contributed by atoms with E-state index in [9.17, 15) is 9.59 Å². The molecular weight excluding hydrogens is 352 g/mol. The molecule has 1 aliphatic heterocycles. The molecule has 3 heterocycles. The number of nitrogens with zero attached hydrogens (tertiary/aromatic N) is 2. The van der Waals surface area contributed by atoms with E-state index in [2.05, 4.69) is 10.3 Å². The number of rotatable bonds is 6. The molecule has 0 bridgehead atoms. The molecule has 26 heavy (non-hydrogen) atoms. The van der Waals surface area contributed by atoms with Crippen LogP contribution in [0.1, 0.15) is 24.3 Å². The van der Waals surface area contributed by atoms with E-state index in [-0.39, 0.29) is 24.2 Å². The van der Waals surface area contributed by atoms with Crippen LogP contribution in [0.15, 0.2) is 21.9 Å². The summed E-state index contributed by atoms with van der Waals surface area (Å²) in [4.78, 5) is 32.0. The lowest BCUT2D eigenvalue weighted by atomic mass is 9.96. The summed E-state index contributed by atoms with van der Waals surface area (Å²) in [5.74, 6) is 1.01. The number of thiophene rings is 1. The second-order valence-electron chi connectivity index (χ2n) is 6.43. The fraction of sp³-hybridized carbons (Fsp3) is 0.500. The van der Waals surface area contributed by atoms with Crippen LogP contribution in [-0.4, -0.2) is 47.9 Å². The smallest absolute Gasteiger partial charge is 0.236 e. The van der Waals surface area contributed by atoms with Gasteiger partial charge in [0.25, 0.3) is 0 Å². The zero-order chi connectivity index (χ0) is 18.5. The third-order valence-electron chi connectivity index (χ3n) is 4.53. The molecule has 0 radical (unpaired) electrons. The summed E-state index contributed by atoms with van der Waals surface area (Å²) in [5, 5.41) is 4.77. The first-order chi connectivity index (χ1) is 12.6. The Hall–Kier alpha value is -2.19. The van der Waals surface area contributed by atoms with Gasteiger partial charge in [-0.1, -0.05) is 6.07 Å². The monoisotopic (exact) mass is 376 g/mol. The summed E-state index contributed by atoms with van der Waals surface area (Å²) in [6.07, 6.45) is 1.81. The van der Waals surface area contributed by atoms with Gasteiger partial charge >= 0.3 is 0 Å². The van der Waals surface area contributed by atoms with Crippen LogP contribution >= 0.6 is 11.3 Å². The van der Waals surface area contributed by atoms with Crippen LogP contribution in [-0.2, 0) is 16.0 Å². The SMILES string of the molecule is Cc1oc(-c2cccs2)nc1CC(=O)N1CCCC(C(=O)NCCN)C1. The second-order valence-corrected chi connectivity index (χ2v) is 7.38. The van der Waals surface area contributed by atoms with Crippen molar-refractivity contribution in [1.82, 2.24) is 15.2 Å². The Kier molecular flexibility index (Phi) is 6.05. The van der Waals surface area contributed by atoms with Crippen molar-refractivity contribution < 1.29 is 14.0 Å². The molecule has 3 rings (SSSR count). The summed E-state index contributed by atoms with van der Waals surface area (Å²) >= 11 is 1.55. The van der Waals surface area contributed by atoms with Gasteiger partial charge in [0.2, 0.25) is 17.7 Å². The first kappa shape index (κ1) is 18.6. The van der Waals surface area contributed by atoms with E-state index in [0.29, 0.717) is 43.5 Å². The van der Waals surface area contributed by atoms with E-state index in [1.807, 2.05) is 24.4 Å². The first-order valence-electron chi connectivity index (χ1n) is 8.84. The van der Waals surface area contributed by atoms with Crippen LogP contribution in [0.2, 0.25) is 0 Å². The van der Waals surface area contributed by atoms with Crippen molar-refractivity contribution in [2.45, 2.75) is 26.2 Å². The van der Waals surface area contributed by atoms with E-state index in [0.717, 1.165) is 17.7 Å². The molecular formula is C18H24N4O3S. The van der Waals surface area contributed by atoms with E-state index in [1.165, 1.54) is 0 Å². The zero-order valence-corrected chi connectivity index (χ0v) is 15.7. The average molecular weight is 376 g/mol. The van der Waals surface area contributed by atoms with Crippen LogP contribution in [0.5, 0.6) is 0 Å². The van der Waals surface area contributed by atoms with Crippen molar-refractivity contribution in [2.75, 3.05) is 26.2 Å². The minimum Gasteiger partial charge on any atom is -0.440 e. The van der Waals surface area contributed by atoms with Crippen LogP contribution < -0.4 is 11.1 Å². The molecule has 8 heteroatoms. The van der Waals surface area contributed by atoms with Gasteiger partial charge in [0.05, 0.1) is 22.9 Å². The van der Waals surface area contributed by atoms with Crippen molar-refractivity contribution in [1.29, 1.82) is 0 Å². The second kappa shape index (κ2) is 8.46. The lowest BCUT2D eigenvalue weighted by Crippen LogP contribution is -2.46. The maximum absolute atomic E-state index is 12.7. The number of hydrogen-bond acceptors (Lipinski definition) is 6. The maximum Gasteiger partial charge on any atom is 0.236 e. The molecule has 3 N–H and O–H groups in total. The molecule has 0 saturated carbocycles. The Balaban J connectivity index is 1.62. The zero-order valence-electron chi connectivity index (χ0n) is 14.9. The Morgan fingerprint density at radius 3 is 3.08 bits per heavy atom. The molecule has 0 aliphatic carbocycles. The van der Waals surface area contributed by atoms with Crippen molar-refractivity contribution >= 4 is 23.2 Å². The van der Waals surface area contributed by atoms with Gasteiger partial charge in [0, 0.05) is 26.2 Å². The fourth-order valence-corrected chi connectivity index (χ4v) is 3.76. The predicted molar refractivity (Wildman–Crippen MR) is 99.6 cm³/mol. The molecule has 2 aromatic heterocycles. The Morgan fingerprint density at radius 1 is 1.50 bits per heavy atom. The molecule has 0 aromatic carbocycles. The van der Waals surface area contributed by atoms with Gasteiger partial charge in [-0.3, -0.25) is 9.59 Å². The number of hydrogen-bond donors (Lipinski definition) is 2. The molecule has 140 valence electrons. The van der Waals surface area contributed by atoms with Gasteiger partial charge in [0.15, 0.2) is 0 Å². The molecule has 1 saturated heterocycles. The minimum absolute atomic E-state index is 0.0181. The average Bonchev–Trinajstić information content (AvgIpc) is 3.30. The number of nitrogens with one attached hydrogen (secondary N) is 1. The van der Waals surface area contributed by atoms with Gasteiger partial charge in [-0.15, -0.1) is 11.3 Å². The van der Waals surface area contributed by atoms with E-state index < -0.39 is 0 Å². The van der Waals surface area contributed by atoms with Gasteiger partial charge in [0.1, 0.15) is 5.76 Å². The number of carbonyl (C=O) groups excluding carboxylic acids is 2. The number of piperidine rings is 1. The van der Waals surface area contributed by atoms with Gasteiger partial charge in [-0.05, 0) is 31.2 Å². The summed E-state index contributed by atoms with van der Waals surface area (Å²) < 4.78 is 5.70. The van der Waals surface area contributed by atoms with Crippen molar-refractivity contribution in [3.63, 3.8) is 0 Å². The third kappa shape index (κ3) is 4.31. The molecule has 1 unspecified atom stereocenters. The number of aryl methyl sites for hydroxylation is 1. The van der Waals surface area contributed by atoms with Gasteiger partial charge in [-0.2, -0.15) is 0 Å². The van der Waals surface area contributed by atoms with E-state index in [4.69, 9.17) is 10.2 Å². The van der Waals surface area contributed by atoms with Crippen LogP contribution in [0, 0.1) is 12.8 Å². The van der Waals surface area contributed by atoms with Crippen LogP contribution in [0.25, 0.3) is 10.8 Å². The normalized spacial score (nSPS) is 17.3. The Bertz CT molecular complexity index is 757. The predicted octanol–water partition coefficient (Wildman–Crippen LogP) is 1.57. The van der Waals surface area contributed by atoms with E-state index in [1.54, 1.807) is 16.2 Å². The number of likely N-dealkylation sites (tertiary alicyclic amines) is 1. The number of carbonyl (C=O) groups is 2. The molecule has 0 spiro atoms. The van der Waals surface area contributed by atoms with Crippen LogP contribution in [0.3, 0.4) is 0 Å². The third-order valence-corrected chi connectivity index (χ3v) is 5.39. The molecule has 1 atom stereocenters. The van der Waals surface area contributed by atoms with Crippen LogP contribution in [0.4, 0.5) is 0 Å². The molecule has 2 aromatic rings. The topological polar surface area (TPSA) is 101 Å². The lowest BCUT2D eigenvalue weighted by molar-refractivity contribution is -0.135. The first-order valence-corrected chi connectivity index (χ1v) is 9.72. The Morgan fingerprint density at radius 2 is 2.35 bits per heavy atom. The summed E-state index contributed by atoms with van der Waals surface area (Å²) in [6.45, 7) is 3.83. The highest BCUT2D eigenvalue weighted by atomic mass is 32.1. The van der Waals surface area contributed by atoms with E-state index >= 15 is 0 Å². The number of aromatic nitrogens is 1. The summed E-state index contributed by atoms with van der Waals surface area (Å²) in [5.41, 5.74) is 6.08. The highest BCUT2D eigenvalue weighted by molar-refractivity contribution is 7.13. The summed E-state index contributed by atoms with van der Waals surface area (Å²) in [6, 6.07) is 3.88. The minimum atomic E-state index is -0.167. The van der Waals surface area contributed by atoms with Crippen molar-refractivity contribution in [3.8, 4) is 10.8 Å². The molecule has 1 aliphatic rings. The van der Waals surface area contributed by atoms with Crippen molar-refractivity contribution in [3.05, 3.63) is 29.0 Å². The maximum atomic E-state index is 12.7. The lowest BCUT2D eigenvalue weighted by Gasteiger charge is -2.32. The molecule has 7 nitrogen and oxygen atoms in total. The summed E-state index contributed by atoms with van der Waals surface area (Å²) in [7, 11) is 0. The van der Waals surface area contributed by atoms with Crippen molar-refractivity contribution in [2.24, 2.45) is 11.7 Å². The number of amides is 2. The molecule has 2 amide bonds. The standard InChI is InChI=1S/C18H24N4O3S/c1-12-14(21-18(25-12)15-5-3-9-26-15)10-16(23)22-8-2-4-13(11-22)17(24)20-7-6-19/h3,5,9,13H,2,4,6-8,10-11,19H2,1H3,(H,20,24). The largest absolute Gasteiger partial charge is 0.440 e. The highest BCUT2D eigenvalue weighted by Crippen LogP contribution is 2.26. The fourth-order valence-electron chi connectivity index (χ4n) is 3.11.